The molecule has 0 spiro atoms. The summed E-state index contributed by atoms with van der Waals surface area (Å²) in [7, 11) is 3.11. The molecule has 0 saturated carbocycles. The molecule has 0 aromatic heterocycles. The summed E-state index contributed by atoms with van der Waals surface area (Å²) in [5.41, 5.74) is 3.57. The maximum Gasteiger partial charge on any atom is 0.308 e. The zero-order chi connectivity index (χ0) is 21.0. The molecule has 0 aliphatic heterocycles. The maximum absolute atomic E-state index is 11.9. The van der Waals surface area contributed by atoms with Crippen LogP contribution in [-0.2, 0) is 16.0 Å². The first-order chi connectivity index (χ1) is 14.0. The lowest BCUT2D eigenvalue weighted by Gasteiger charge is -2.18. The Morgan fingerprint density at radius 1 is 0.966 bits per heavy atom. The molecule has 0 N–H and O–H groups in total. The predicted octanol–water partition coefficient (Wildman–Crippen LogP) is 4.08. The highest BCUT2D eigenvalue weighted by Crippen LogP contribution is 2.45. The highest BCUT2D eigenvalue weighted by atomic mass is 16.6. The summed E-state index contributed by atoms with van der Waals surface area (Å²) in [6, 6.07) is 9.51. The molecule has 0 unspecified atom stereocenters. The number of ketones is 1. The summed E-state index contributed by atoms with van der Waals surface area (Å²) in [4.78, 5) is 23.6. The van der Waals surface area contributed by atoms with E-state index in [0.29, 0.717) is 23.7 Å². The average Bonchev–Trinajstić information content (AvgIpc) is 3.10. The molecular weight excluding hydrogens is 372 g/mol. The molecular formula is C23H26O6. The van der Waals surface area contributed by atoms with Crippen molar-refractivity contribution in [3.05, 3.63) is 41.5 Å². The van der Waals surface area contributed by atoms with Crippen molar-refractivity contribution in [1.82, 2.24) is 0 Å². The number of esters is 1. The molecule has 0 amide bonds. The van der Waals surface area contributed by atoms with Crippen LogP contribution in [0, 0.1) is 5.92 Å². The molecule has 154 valence electrons. The Bertz CT molecular complexity index is 916. The molecule has 6 nitrogen and oxygen atoms in total. The quantitative estimate of drug-likeness (QED) is 0.493. The van der Waals surface area contributed by atoms with Crippen molar-refractivity contribution in [3.8, 4) is 28.4 Å². The molecule has 29 heavy (non-hydrogen) atoms. The van der Waals surface area contributed by atoms with Crippen LogP contribution in [0.2, 0.25) is 0 Å². The van der Waals surface area contributed by atoms with Crippen LogP contribution in [0.25, 0.3) is 11.1 Å². The fourth-order valence-electron chi connectivity index (χ4n) is 3.34. The van der Waals surface area contributed by atoms with E-state index in [2.05, 4.69) is 0 Å². The summed E-state index contributed by atoms with van der Waals surface area (Å²) in [6.07, 6.45) is 1.30. The van der Waals surface area contributed by atoms with E-state index in [0.717, 1.165) is 28.7 Å². The molecule has 6 heteroatoms. The van der Waals surface area contributed by atoms with Crippen molar-refractivity contribution in [1.29, 1.82) is 0 Å². The van der Waals surface area contributed by atoms with Crippen LogP contribution in [0.4, 0.5) is 0 Å². The third kappa shape index (κ3) is 4.36. The smallest absolute Gasteiger partial charge is 0.308 e. The first kappa shape index (κ1) is 20.7. The number of carbonyl (C=O) groups is 2. The van der Waals surface area contributed by atoms with Gasteiger partial charge in [0.05, 0.1) is 20.1 Å². The lowest BCUT2D eigenvalue weighted by Crippen LogP contribution is -2.16. The molecule has 0 radical (unpaired) electrons. The zero-order valence-electron chi connectivity index (χ0n) is 17.2. The topological polar surface area (TPSA) is 71.1 Å². The number of methoxy groups -OCH3 is 2. The Labute approximate surface area is 170 Å². The van der Waals surface area contributed by atoms with Crippen LogP contribution in [-0.4, -0.2) is 39.2 Å². The lowest BCUT2D eigenvalue weighted by molar-refractivity contribution is -0.148. The summed E-state index contributed by atoms with van der Waals surface area (Å²) >= 11 is 0. The number of rotatable bonds is 8. The van der Waals surface area contributed by atoms with Crippen LogP contribution >= 0.6 is 0 Å². The van der Waals surface area contributed by atoms with Gasteiger partial charge in [0.25, 0.3) is 0 Å². The van der Waals surface area contributed by atoms with Crippen molar-refractivity contribution >= 4 is 11.8 Å². The Balaban J connectivity index is 1.90. The maximum atomic E-state index is 11.9. The van der Waals surface area contributed by atoms with Crippen LogP contribution in [0.15, 0.2) is 30.3 Å². The van der Waals surface area contributed by atoms with Gasteiger partial charge in [-0.3, -0.25) is 9.59 Å². The second kappa shape index (κ2) is 8.99. The molecule has 0 bridgehead atoms. The molecule has 0 heterocycles. The van der Waals surface area contributed by atoms with Crippen molar-refractivity contribution in [2.24, 2.45) is 5.92 Å². The second-order valence-electron chi connectivity index (χ2n) is 7.14. The van der Waals surface area contributed by atoms with Gasteiger partial charge in [-0.2, -0.15) is 0 Å². The van der Waals surface area contributed by atoms with E-state index in [1.165, 1.54) is 0 Å². The van der Waals surface area contributed by atoms with E-state index >= 15 is 0 Å². The summed E-state index contributed by atoms with van der Waals surface area (Å²) in [5.74, 6) is 1.25. The number of hydrogen-bond donors (Lipinski definition) is 0. The van der Waals surface area contributed by atoms with E-state index in [1.54, 1.807) is 28.1 Å². The second-order valence-corrected chi connectivity index (χ2v) is 7.14. The minimum absolute atomic E-state index is 0.134. The van der Waals surface area contributed by atoms with Gasteiger partial charge in [-0.1, -0.05) is 32.0 Å². The van der Waals surface area contributed by atoms with E-state index < -0.39 is 0 Å². The largest absolute Gasteiger partial charge is 0.493 e. The first-order valence-electron chi connectivity index (χ1n) is 9.67. The van der Waals surface area contributed by atoms with Gasteiger partial charge < -0.3 is 18.9 Å². The van der Waals surface area contributed by atoms with Crippen molar-refractivity contribution in [3.63, 3.8) is 0 Å². The molecule has 0 saturated heterocycles. The minimum Gasteiger partial charge on any atom is -0.493 e. The third-order valence-corrected chi connectivity index (χ3v) is 4.88. The first-order valence-corrected chi connectivity index (χ1v) is 9.67. The highest BCUT2D eigenvalue weighted by Gasteiger charge is 2.22. The van der Waals surface area contributed by atoms with Gasteiger partial charge in [0.15, 0.2) is 17.3 Å². The SMILES string of the molecule is COc1ccc(-c2ccc3c(c2)CCC3=O)c(OCCOC(=O)C(C)C)c1OC. The number of hydrogen-bond acceptors (Lipinski definition) is 6. The fraction of sp³-hybridized carbons (Fsp3) is 0.391. The summed E-state index contributed by atoms with van der Waals surface area (Å²) in [5, 5.41) is 0. The highest BCUT2D eigenvalue weighted by molar-refractivity contribution is 6.01. The van der Waals surface area contributed by atoms with Crippen LogP contribution in [0.5, 0.6) is 17.2 Å². The van der Waals surface area contributed by atoms with Crippen LogP contribution in [0.1, 0.15) is 36.2 Å². The van der Waals surface area contributed by atoms with Crippen molar-refractivity contribution in [2.45, 2.75) is 26.7 Å². The Hall–Kier alpha value is -3.02. The molecule has 0 fully saturated rings. The van der Waals surface area contributed by atoms with Gasteiger partial charge in [0.2, 0.25) is 5.75 Å². The Kier molecular flexibility index (Phi) is 6.42. The molecule has 3 rings (SSSR count). The number of fused-ring (bicyclic) bond motifs is 1. The molecule has 2 aromatic carbocycles. The van der Waals surface area contributed by atoms with Crippen LogP contribution < -0.4 is 14.2 Å². The lowest BCUT2D eigenvalue weighted by atomic mass is 9.99. The zero-order valence-corrected chi connectivity index (χ0v) is 17.2. The number of carbonyl (C=O) groups excluding carboxylic acids is 2. The molecule has 1 aliphatic carbocycles. The third-order valence-electron chi connectivity index (χ3n) is 4.88. The Morgan fingerprint density at radius 3 is 2.41 bits per heavy atom. The Morgan fingerprint density at radius 2 is 1.72 bits per heavy atom. The van der Waals surface area contributed by atoms with Gasteiger partial charge in [-0.25, -0.2) is 0 Å². The average molecular weight is 398 g/mol. The van der Waals surface area contributed by atoms with Gasteiger partial charge in [-0.05, 0) is 29.7 Å². The van der Waals surface area contributed by atoms with E-state index in [9.17, 15) is 9.59 Å². The standard InChI is InChI=1S/C23H26O6/c1-14(2)23(25)29-12-11-28-21-18(8-10-20(26-3)22(21)27-4)16-5-7-17-15(13-16)6-9-19(17)24/h5,7-8,10,13-14H,6,9,11-12H2,1-4H3. The summed E-state index contributed by atoms with van der Waals surface area (Å²) < 4.78 is 22.1. The molecule has 0 atom stereocenters. The minimum atomic E-state index is -0.269. The van der Waals surface area contributed by atoms with E-state index in [-0.39, 0.29) is 30.9 Å². The van der Waals surface area contributed by atoms with Gasteiger partial charge in [0.1, 0.15) is 13.2 Å². The van der Waals surface area contributed by atoms with Gasteiger partial charge >= 0.3 is 5.97 Å². The van der Waals surface area contributed by atoms with Crippen molar-refractivity contribution in [2.75, 3.05) is 27.4 Å². The van der Waals surface area contributed by atoms with E-state index in [4.69, 9.17) is 18.9 Å². The molecule has 2 aromatic rings. The van der Waals surface area contributed by atoms with Gasteiger partial charge in [-0.15, -0.1) is 0 Å². The molecule has 1 aliphatic rings. The fourth-order valence-corrected chi connectivity index (χ4v) is 3.34. The monoisotopic (exact) mass is 398 g/mol. The van der Waals surface area contributed by atoms with Gasteiger partial charge in [0, 0.05) is 17.5 Å². The number of benzene rings is 2. The number of Topliss-reactive ketones (excluding diaryl/α,β-unsaturated/α-hetero) is 1. The number of aryl methyl sites for hydroxylation is 1. The number of ether oxygens (including phenoxy) is 4. The normalized spacial score (nSPS) is 12.7. The van der Waals surface area contributed by atoms with E-state index in [1.807, 2.05) is 30.3 Å². The summed E-state index contributed by atoms with van der Waals surface area (Å²) in [6.45, 7) is 3.88. The van der Waals surface area contributed by atoms with Crippen LogP contribution in [0.3, 0.4) is 0 Å². The van der Waals surface area contributed by atoms with Crippen molar-refractivity contribution < 1.29 is 28.5 Å². The predicted molar refractivity (Wildman–Crippen MR) is 109 cm³/mol.